The standard InChI is InChI=1S/C22H24ClNO/c1-4-8-18-21(22(25)14(2)3)20-16(10-7-12-19(20)24-18)13-15-9-5-6-11-17(15)23/h5-7,9-12,14,24H,4,8,13H2,1-3H3. The molecule has 1 N–H and O–H groups in total. The Morgan fingerprint density at radius 1 is 1.08 bits per heavy atom. The fourth-order valence-corrected chi connectivity index (χ4v) is 3.57. The molecule has 0 unspecified atom stereocenters. The van der Waals surface area contributed by atoms with Gasteiger partial charge < -0.3 is 4.98 Å². The molecular formula is C22H24ClNO. The summed E-state index contributed by atoms with van der Waals surface area (Å²) in [6, 6.07) is 14.1. The molecule has 25 heavy (non-hydrogen) atoms. The van der Waals surface area contributed by atoms with Gasteiger partial charge >= 0.3 is 0 Å². The second kappa shape index (κ2) is 7.45. The minimum absolute atomic E-state index is 0.0250. The van der Waals surface area contributed by atoms with Crippen molar-refractivity contribution in [3.63, 3.8) is 0 Å². The Hall–Kier alpha value is -2.06. The lowest BCUT2D eigenvalue weighted by atomic mass is 9.92. The van der Waals surface area contributed by atoms with Crippen molar-refractivity contribution in [2.75, 3.05) is 0 Å². The van der Waals surface area contributed by atoms with Crippen LogP contribution < -0.4 is 0 Å². The van der Waals surface area contributed by atoms with Crippen molar-refractivity contribution in [3.05, 3.63) is 69.9 Å². The van der Waals surface area contributed by atoms with Crippen molar-refractivity contribution in [2.24, 2.45) is 5.92 Å². The minimum Gasteiger partial charge on any atom is -0.358 e. The van der Waals surface area contributed by atoms with Gasteiger partial charge in [-0.1, -0.05) is 69.1 Å². The highest BCUT2D eigenvalue weighted by Crippen LogP contribution is 2.31. The van der Waals surface area contributed by atoms with Crippen molar-refractivity contribution < 1.29 is 4.79 Å². The van der Waals surface area contributed by atoms with Gasteiger partial charge in [0.1, 0.15) is 0 Å². The van der Waals surface area contributed by atoms with Crippen molar-refractivity contribution >= 4 is 28.3 Å². The van der Waals surface area contributed by atoms with Crippen LogP contribution in [0.2, 0.25) is 5.02 Å². The Balaban J connectivity index is 2.19. The van der Waals surface area contributed by atoms with Crippen LogP contribution in [0.5, 0.6) is 0 Å². The Kier molecular flexibility index (Phi) is 5.29. The van der Waals surface area contributed by atoms with Gasteiger partial charge in [-0.25, -0.2) is 0 Å². The number of fused-ring (bicyclic) bond motifs is 1. The van der Waals surface area contributed by atoms with E-state index < -0.39 is 0 Å². The number of halogens is 1. The second-order valence-electron chi connectivity index (χ2n) is 6.86. The normalized spacial score (nSPS) is 11.4. The molecule has 0 atom stereocenters. The summed E-state index contributed by atoms with van der Waals surface area (Å²) < 4.78 is 0. The molecule has 0 radical (unpaired) electrons. The van der Waals surface area contributed by atoms with E-state index >= 15 is 0 Å². The third-order valence-corrected chi connectivity index (χ3v) is 4.97. The molecule has 3 rings (SSSR count). The van der Waals surface area contributed by atoms with Gasteiger partial charge in [0.25, 0.3) is 0 Å². The first-order valence-electron chi connectivity index (χ1n) is 8.93. The highest BCUT2D eigenvalue weighted by atomic mass is 35.5. The molecule has 0 amide bonds. The Labute approximate surface area is 154 Å². The lowest BCUT2D eigenvalue weighted by molar-refractivity contribution is 0.0940. The van der Waals surface area contributed by atoms with Crippen LogP contribution in [0.4, 0.5) is 0 Å². The van der Waals surface area contributed by atoms with E-state index in [1.807, 2.05) is 44.2 Å². The fourth-order valence-electron chi connectivity index (χ4n) is 3.37. The molecule has 2 aromatic carbocycles. The van der Waals surface area contributed by atoms with E-state index in [4.69, 9.17) is 11.6 Å². The molecule has 1 aromatic heterocycles. The van der Waals surface area contributed by atoms with Gasteiger partial charge in [-0.3, -0.25) is 4.79 Å². The maximum Gasteiger partial charge on any atom is 0.167 e. The second-order valence-corrected chi connectivity index (χ2v) is 7.26. The number of aromatic amines is 1. The lowest BCUT2D eigenvalue weighted by Gasteiger charge is -2.10. The summed E-state index contributed by atoms with van der Waals surface area (Å²) in [5.74, 6) is 0.185. The summed E-state index contributed by atoms with van der Waals surface area (Å²) in [6.45, 7) is 6.07. The number of Topliss-reactive ketones (excluding diaryl/α,β-unsaturated/α-hetero) is 1. The van der Waals surface area contributed by atoms with E-state index in [-0.39, 0.29) is 11.7 Å². The zero-order chi connectivity index (χ0) is 18.0. The summed E-state index contributed by atoms with van der Waals surface area (Å²) in [5.41, 5.74) is 5.19. The molecule has 2 nitrogen and oxygen atoms in total. The van der Waals surface area contributed by atoms with Gasteiger partial charge in [-0.05, 0) is 36.1 Å². The number of carbonyl (C=O) groups is 1. The van der Waals surface area contributed by atoms with E-state index in [2.05, 4.69) is 24.0 Å². The van der Waals surface area contributed by atoms with Crippen molar-refractivity contribution in [1.29, 1.82) is 0 Å². The van der Waals surface area contributed by atoms with Gasteiger partial charge in [-0.2, -0.15) is 0 Å². The van der Waals surface area contributed by atoms with Gasteiger partial charge in [0.05, 0.1) is 0 Å². The van der Waals surface area contributed by atoms with Gasteiger partial charge in [0, 0.05) is 33.1 Å². The number of aryl methyl sites for hydroxylation is 1. The molecule has 3 heteroatoms. The van der Waals surface area contributed by atoms with Crippen LogP contribution in [0.3, 0.4) is 0 Å². The SMILES string of the molecule is CCCc1[nH]c2cccc(Cc3ccccc3Cl)c2c1C(=O)C(C)C. The van der Waals surface area contributed by atoms with Crippen molar-refractivity contribution in [3.8, 4) is 0 Å². The average Bonchev–Trinajstić information content (AvgIpc) is 2.95. The molecule has 130 valence electrons. The Bertz CT molecular complexity index is 908. The number of nitrogens with one attached hydrogen (secondary N) is 1. The molecule has 0 saturated carbocycles. The van der Waals surface area contributed by atoms with Crippen molar-refractivity contribution in [2.45, 2.75) is 40.0 Å². The molecule has 0 bridgehead atoms. The van der Waals surface area contributed by atoms with E-state index in [1.165, 1.54) is 0 Å². The monoisotopic (exact) mass is 353 g/mol. The third kappa shape index (κ3) is 3.50. The Morgan fingerprint density at radius 2 is 1.80 bits per heavy atom. The highest BCUT2D eigenvalue weighted by Gasteiger charge is 2.22. The molecule has 0 aliphatic carbocycles. The number of benzene rings is 2. The van der Waals surface area contributed by atoms with Crippen LogP contribution in [-0.4, -0.2) is 10.8 Å². The zero-order valence-corrected chi connectivity index (χ0v) is 15.8. The van der Waals surface area contributed by atoms with E-state index in [1.54, 1.807) is 0 Å². The van der Waals surface area contributed by atoms with Gasteiger partial charge in [0.2, 0.25) is 0 Å². The number of ketones is 1. The summed E-state index contributed by atoms with van der Waals surface area (Å²) in [5, 5.41) is 1.82. The number of H-pyrrole nitrogens is 1. The molecule has 0 spiro atoms. The number of hydrogen-bond acceptors (Lipinski definition) is 1. The molecule has 0 fully saturated rings. The topological polar surface area (TPSA) is 32.9 Å². The van der Waals surface area contributed by atoms with E-state index in [0.717, 1.165) is 57.6 Å². The maximum atomic E-state index is 12.9. The lowest BCUT2D eigenvalue weighted by Crippen LogP contribution is -2.10. The summed E-state index contributed by atoms with van der Waals surface area (Å²) >= 11 is 6.36. The summed E-state index contributed by atoms with van der Waals surface area (Å²) in [4.78, 5) is 16.4. The zero-order valence-electron chi connectivity index (χ0n) is 15.0. The van der Waals surface area contributed by atoms with Crippen LogP contribution in [-0.2, 0) is 12.8 Å². The third-order valence-electron chi connectivity index (χ3n) is 4.60. The van der Waals surface area contributed by atoms with E-state index in [0.29, 0.717) is 0 Å². The number of rotatable bonds is 6. The van der Waals surface area contributed by atoms with Gasteiger partial charge in [0.15, 0.2) is 5.78 Å². The Morgan fingerprint density at radius 3 is 2.48 bits per heavy atom. The molecule has 3 aromatic rings. The summed E-state index contributed by atoms with van der Waals surface area (Å²) in [7, 11) is 0. The van der Waals surface area contributed by atoms with Crippen LogP contribution in [0.15, 0.2) is 42.5 Å². The smallest absolute Gasteiger partial charge is 0.167 e. The average molecular weight is 354 g/mol. The van der Waals surface area contributed by atoms with Crippen molar-refractivity contribution in [1.82, 2.24) is 4.98 Å². The highest BCUT2D eigenvalue weighted by molar-refractivity contribution is 6.31. The summed E-state index contributed by atoms with van der Waals surface area (Å²) in [6.07, 6.45) is 2.61. The largest absolute Gasteiger partial charge is 0.358 e. The predicted molar refractivity (Wildman–Crippen MR) is 106 cm³/mol. The fraction of sp³-hybridized carbons (Fsp3) is 0.318. The first-order chi connectivity index (χ1) is 12.0. The first kappa shape index (κ1) is 17.8. The molecule has 0 aliphatic rings. The first-order valence-corrected chi connectivity index (χ1v) is 9.30. The predicted octanol–water partition coefficient (Wildman–Crippen LogP) is 6.20. The van der Waals surface area contributed by atoms with Gasteiger partial charge in [-0.15, -0.1) is 0 Å². The molecule has 0 saturated heterocycles. The minimum atomic E-state index is -0.0250. The molecule has 0 aliphatic heterocycles. The van der Waals surface area contributed by atoms with Crippen LogP contribution in [0.1, 0.15) is 54.4 Å². The molecular weight excluding hydrogens is 330 g/mol. The molecule has 1 heterocycles. The number of hydrogen-bond donors (Lipinski definition) is 1. The van der Waals surface area contributed by atoms with Crippen LogP contribution in [0, 0.1) is 5.92 Å². The number of aromatic nitrogens is 1. The quantitative estimate of drug-likeness (QED) is 0.525. The maximum absolute atomic E-state index is 12.9. The van der Waals surface area contributed by atoms with Crippen LogP contribution in [0.25, 0.3) is 10.9 Å². The number of carbonyl (C=O) groups excluding carboxylic acids is 1. The van der Waals surface area contributed by atoms with E-state index in [9.17, 15) is 4.79 Å². The van der Waals surface area contributed by atoms with Crippen LogP contribution >= 0.6 is 11.6 Å².